The maximum Gasteiger partial charge on any atom is 0.0759 e. The van der Waals surface area contributed by atoms with Gasteiger partial charge in [-0.05, 0) is 31.6 Å². The molecule has 0 radical (unpaired) electrons. The van der Waals surface area contributed by atoms with E-state index in [4.69, 9.17) is 0 Å². The van der Waals surface area contributed by atoms with E-state index in [0.29, 0.717) is 5.92 Å². The summed E-state index contributed by atoms with van der Waals surface area (Å²) in [5.41, 5.74) is -0.250. The van der Waals surface area contributed by atoms with Crippen molar-refractivity contribution in [3.63, 3.8) is 0 Å². The van der Waals surface area contributed by atoms with Gasteiger partial charge in [-0.25, -0.2) is 0 Å². The molecule has 0 aromatic heterocycles. The van der Waals surface area contributed by atoms with E-state index in [2.05, 4.69) is 0 Å². The van der Waals surface area contributed by atoms with Gasteiger partial charge in [-0.3, -0.25) is 0 Å². The molecule has 14 heavy (non-hydrogen) atoms. The summed E-state index contributed by atoms with van der Waals surface area (Å²) in [5, 5.41) is 20.1. The quantitative estimate of drug-likeness (QED) is 0.670. The van der Waals surface area contributed by atoms with Crippen molar-refractivity contribution in [1.82, 2.24) is 0 Å². The number of hydrogen-bond acceptors (Lipinski definition) is 2. The van der Waals surface area contributed by atoms with Crippen LogP contribution >= 0.6 is 0 Å². The minimum absolute atomic E-state index is 0.197. The Hall–Kier alpha value is -0.0800. The first-order chi connectivity index (χ1) is 6.74. The highest BCUT2D eigenvalue weighted by atomic mass is 16.3. The molecular formula is C12H20O2. The zero-order valence-electron chi connectivity index (χ0n) is 8.71. The standard InChI is InChI=1S/C12H20O2/c13-8-10-9-4-3-6-11(9)5-1-2-7-12(10,11)14/h9-10,13-14H,1-8H2/t9-,10-,11-,12+/m1/s1. The monoisotopic (exact) mass is 196 g/mol. The molecule has 0 heterocycles. The molecule has 3 aliphatic rings. The summed E-state index contributed by atoms with van der Waals surface area (Å²) in [5.74, 6) is 0.836. The van der Waals surface area contributed by atoms with Crippen molar-refractivity contribution in [1.29, 1.82) is 0 Å². The molecule has 0 saturated heterocycles. The molecule has 0 unspecified atom stereocenters. The third-order valence-electron chi connectivity index (χ3n) is 5.44. The van der Waals surface area contributed by atoms with E-state index in [1.807, 2.05) is 0 Å². The summed E-state index contributed by atoms with van der Waals surface area (Å²) in [6.45, 7) is 0.197. The molecule has 3 rings (SSSR count). The maximum atomic E-state index is 10.7. The lowest BCUT2D eigenvalue weighted by Gasteiger charge is -2.67. The van der Waals surface area contributed by atoms with Crippen molar-refractivity contribution in [2.75, 3.05) is 6.61 Å². The minimum Gasteiger partial charge on any atom is -0.396 e. The fourth-order valence-electron chi connectivity index (χ4n) is 4.90. The lowest BCUT2D eigenvalue weighted by molar-refractivity contribution is -0.278. The van der Waals surface area contributed by atoms with Gasteiger partial charge >= 0.3 is 0 Å². The van der Waals surface area contributed by atoms with Crippen LogP contribution in [0.1, 0.15) is 44.9 Å². The second kappa shape index (κ2) is 2.73. The van der Waals surface area contributed by atoms with Crippen molar-refractivity contribution in [3.8, 4) is 0 Å². The molecule has 2 N–H and O–H groups in total. The highest BCUT2D eigenvalue weighted by molar-refractivity contribution is 5.21. The lowest BCUT2D eigenvalue weighted by atomic mass is 9.41. The van der Waals surface area contributed by atoms with Crippen molar-refractivity contribution in [2.24, 2.45) is 17.3 Å². The van der Waals surface area contributed by atoms with E-state index in [-0.39, 0.29) is 17.9 Å². The highest BCUT2D eigenvalue weighted by Crippen LogP contribution is 2.71. The molecule has 0 bridgehead atoms. The molecule has 3 aliphatic carbocycles. The Bertz CT molecular complexity index is 253. The molecule has 0 amide bonds. The maximum absolute atomic E-state index is 10.7. The van der Waals surface area contributed by atoms with Gasteiger partial charge in [-0.15, -0.1) is 0 Å². The second-order valence-corrected chi connectivity index (χ2v) is 5.58. The van der Waals surface area contributed by atoms with Gasteiger partial charge in [0, 0.05) is 17.9 Å². The van der Waals surface area contributed by atoms with E-state index in [1.54, 1.807) is 0 Å². The first-order valence-electron chi connectivity index (χ1n) is 6.08. The van der Waals surface area contributed by atoms with Gasteiger partial charge in [-0.2, -0.15) is 0 Å². The second-order valence-electron chi connectivity index (χ2n) is 5.58. The van der Waals surface area contributed by atoms with Gasteiger partial charge in [0.2, 0.25) is 0 Å². The molecule has 3 fully saturated rings. The van der Waals surface area contributed by atoms with Crippen LogP contribution < -0.4 is 0 Å². The van der Waals surface area contributed by atoms with Crippen molar-refractivity contribution in [3.05, 3.63) is 0 Å². The Labute approximate surface area is 85.3 Å². The van der Waals surface area contributed by atoms with E-state index in [9.17, 15) is 10.2 Å². The Balaban J connectivity index is 1.96. The highest BCUT2D eigenvalue weighted by Gasteiger charge is 2.71. The third kappa shape index (κ3) is 0.772. The zero-order valence-corrected chi connectivity index (χ0v) is 8.71. The predicted molar refractivity (Wildman–Crippen MR) is 53.8 cm³/mol. The fourth-order valence-corrected chi connectivity index (χ4v) is 4.90. The number of hydrogen-bond donors (Lipinski definition) is 2. The SMILES string of the molecule is OC[C@@H]1[C@H]2CCC[C@]23CCCC[C@]13O. The van der Waals surface area contributed by atoms with Crippen molar-refractivity contribution in [2.45, 2.75) is 50.5 Å². The molecule has 3 saturated carbocycles. The smallest absolute Gasteiger partial charge is 0.0759 e. The molecule has 0 aliphatic heterocycles. The van der Waals surface area contributed by atoms with Crippen molar-refractivity contribution >= 4 is 0 Å². The largest absolute Gasteiger partial charge is 0.396 e. The average Bonchev–Trinajstić information content (AvgIpc) is 2.52. The molecule has 1 spiro atoms. The summed E-state index contributed by atoms with van der Waals surface area (Å²) >= 11 is 0. The first-order valence-corrected chi connectivity index (χ1v) is 6.08. The van der Waals surface area contributed by atoms with E-state index in [0.717, 1.165) is 12.8 Å². The van der Waals surface area contributed by atoms with Crippen molar-refractivity contribution < 1.29 is 10.2 Å². The number of aliphatic hydroxyl groups excluding tert-OH is 1. The molecule has 2 heteroatoms. The Kier molecular flexibility index (Phi) is 1.79. The van der Waals surface area contributed by atoms with Gasteiger partial charge in [0.15, 0.2) is 0 Å². The van der Waals surface area contributed by atoms with Gasteiger partial charge in [0.1, 0.15) is 0 Å². The Morgan fingerprint density at radius 1 is 1.07 bits per heavy atom. The van der Waals surface area contributed by atoms with Crippen LogP contribution in [0.4, 0.5) is 0 Å². The fraction of sp³-hybridized carbons (Fsp3) is 1.00. The normalized spacial score (nSPS) is 56.1. The number of rotatable bonds is 1. The average molecular weight is 196 g/mol. The molecule has 0 aromatic rings. The van der Waals surface area contributed by atoms with Gasteiger partial charge in [-0.1, -0.05) is 19.3 Å². The van der Waals surface area contributed by atoms with E-state index in [1.165, 1.54) is 32.1 Å². The van der Waals surface area contributed by atoms with Crippen LogP contribution in [0.15, 0.2) is 0 Å². The Morgan fingerprint density at radius 2 is 1.79 bits per heavy atom. The molecule has 0 aromatic carbocycles. The summed E-state index contributed by atoms with van der Waals surface area (Å²) < 4.78 is 0. The molecular weight excluding hydrogens is 176 g/mol. The van der Waals surface area contributed by atoms with Crippen LogP contribution in [0.25, 0.3) is 0 Å². The molecule has 80 valence electrons. The number of aliphatic hydroxyl groups is 2. The van der Waals surface area contributed by atoms with Crippen LogP contribution in [-0.4, -0.2) is 22.4 Å². The summed E-state index contributed by atoms with van der Waals surface area (Å²) in [6.07, 6.45) is 8.32. The van der Waals surface area contributed by atoms with E-state index < -0.39 is 5.60 Å². The van der Waals surface area contributed by atoms with Crippen LogP contribution in [0.3, 0.4) is 0 Å². The topological polar surface area (TPSA) is 40.5 Å². The summed E-state index contributed by atoms with van der Waals surface area (Å²) in [7, 11) is 0. The molecule has 4 atom stereocenters. The van der Waals surface area contributed by atoms with Gasteiger partial charge in [0.05, 0.1) is 5.60 Å². The van der Waals surface area contributed by atoms with Gasteiger partial charge in [0.25, 0.3) is 0 Å². The molecule has 2 nitrogen and oxygen atoms in total. The summed E-state index contributed by atoms with van der Waals surface area (Å²) in [4.78, 5) is 0. The zero-order chi connectivity index (χ0) is 9.81. The summed E-state index contributed by atoms with van der Waals surface area (Å²) in [6, 6.07) is 0. The first kappa shape index (κ1) is 9.17. The lowest BCUT2D eigenvalue weighted by Crippen LogP contribution is -2.70. The van der Waals surface area contributed by atoms with Crippen LogP contribution in [-0.2, 0) is 0 Å². The van der Waals surface area contributed by atoms with Crippen LogP contribution in [0.5, 0.6) is 0 Å². The van der Waals surface area contributed by atoms with Crippen LogP contribution in [0, 0.1) is 17.3 Å². The third-order valence-corrected chi connectivity index (χ3v) is 5.44. The predicted octanol–water partition coefficient (Wildman–Crippen LogP) is 1.70. The van der Waals surface area contributed by atoms with Gasteiger partial charge < -0.3 is 10.2 Å². The minimum atomic E-state index is -0.485. The van der Waals surface area contributed by atoms with Crippen LogP contribution in [0.2, 0.25) is 0 Å². The Morgan fingerprint density at radius 3 is 2.57 bits per heavy atom. The van der Waals surface area contributed by atoms with E-state index >= 15 is 0 Å².